The van der Waals surface area contributed by atoms with Crippen LogP contribution in [0.1, 0.15) is 48.1 Å². The van der Waals surface area contributed by atoms with E-state index in [2.05, 4.69) is 9.97 Å². The number of fused-ring (bicyclic) bond motifs is 1. The van der Waals surface area contributed by atoms with Crippen LogP contribution in [0.3, 0.4) is 0 Å². The van der Waals surface area contributed by atoms with Gasteiger partial charge in [-0.1, -0.05) is 19.4 Å². The van der Waals surface area contributed by atoms with Crippen molar-refractivity contribution in [2.24, 2.45) is 7.05 Å². The topological polar surface area (TPSA) is 116 Å². The number of H-pyrrole nitrogens is 1. The lowest BCUT2D eigenvalue weighted by Gasteiger charge is -2.05. The largest absolute Gasteiger partial charge is 0.457 e. The minimum absolute atomic E-state index is 0.0392. The van der Waals surface area contributed by atoms with Crippen LogP contribution in [-0.4, -0.2) is 30.9 Å². The molecule has 0 spiro atoms. The lowest BCUT2D eigenvalue weighted by molar-refractivity contribution is -0.145. The minimum atomic E-state index is -0.535. The maximum Gasteiger partial charge on any atom is 0.330 e. The molecule has 10 heteroatoms. The molecule has 0 atom stereocenters. The Labute approximate surface area is 170 Å². The van der Waals surface area contributed by atoms with E-state index in [1.807, 2.05) is 6.92 Å². The molecule has 3 rings (SSSR count). The third kappa shape index (κ3) is 4.53. The van der Waals surface area contributed by atoms with E-state index < -0.39 is 17.2 Å². The zero-order valence-electron chi connectivity index (χ0n) is 16.3. The molecule has 0 aliphatic carbocycles. The van der Waals surface area contributed by atoms with E-state index in [-0.39, 0.29) is 36.4 Å². The molecule has 0 amide bonds. The number of carbonyl (C=O) groups excluding carboxylic acids is 2. The van der Waals surface area contributed by atoms with Crippen molar-refractivity contribution in [1.82, 2.24) is 19.1 Å². The molecule has 0 unspecified atom stereocenters. The number of hydrogen-bond acceptors (Lipinski definition) is 7. The third-order valence-electron chi connectivity index (χ3n) is 4.56. The Hall–Kier alpha value is -3.01. The highest BCUT2D eigenvalue weighted by Gasteiger charge is 2.18. The molecule has 154 valence electrons. The lowest BCUT2D eigenvalue weighted by Crippen LogP contribution is -2.31. The molecule has 0 saturated heterocycles. The summed E-state index contributed by atoms with van der Waals surface area (Å²) in [6.07, 6.45) is 1.68. The van der Waals surface area contributed by atoms with Gasteiger partial charge in [0.15, 0.2) is 16.9 Å². The Balaban J connectivity index is 1.71. The van der Waals surface area contributed by atoms with Gasteiger partial charge in [0.2, 0.25) is 0 Å². The average molecular weight is 418 g/mol. The molecule has 0 saturated carbocycles. The summed E-state index contributed by atoms with van der Waals surface area (Å²) in [6, 6.07) is 3.50. The third-order valence-corrected chi connectivity index (χ3v) is 5.47. The Bertz CT molecular complexity index is 1140. The van der Waals surface area contributed by atoms with Gasteiger partial charge >= 0.3 is 11.7 Å². The molecule has 1 N–H and O–H groups in total. The zero-order chi connectivity index (χ0) is 21.0. The number of nitrogens with one attached hydrogen (secondary N) is 1. The predicted octanol–water partition coefficient (Wildman–Crippen LogP) is 1.99. The SMILES string of the molecule is CCCCn1c(=O)[nH]c(=O)c2c1nc(COC(=O)CCC(=O)c1cccs1)n2C. The number of ketones is 1. The van der Waals surface area contributed by atoms with Crippen molar-refractivity contribution in [2.45, 2.75) is 45.8 Å². The Morgan fingerprint density at radius 2 is 2.07 bits per heavy atom. The summed E-state index contributed by atoms with van der Waals surface area (Å²) in [5.41, 5.74) is -0.523. The van der Waals surface area contributed by atoms with Crippen LogP contribution in [0.15, 0.2) is 27.1 Å². The van der Waals surface area contributed by atoms with Crippen molar-refractivity contribution >= 4 is 34.3 Å². The van der Waals surface area contributed by atoms with E-state index in [1.54, 1.807) is 24.6 Å². The van der Waals surface area contributed by atoms with Crippen LogP contribution < -0.4 is 11.2 Å². The van der Waals surface area contributed by atoms with Gasteiger partial charge in [0, 0.05) is 20.0 Å². The van der Waals surface area contributed by atoms with Gasteiger partial charge in [0.1, 0.15) is 12.4 Å². The van der Waals surface area contributed by atoms with Gasteiger partial charge in [-0.15, -0.1) is 11.3 Å². The number of hydrogen-bond donors (Lipinski definition) is 1. The minimum Gasteiger partial charge on any atom is -0.457 e. The van der Waals surface area contributed by atoms with E-state index in [9.17, 15) is 19.2 Å². The predicted molar refractivity (Wildman–Crippen MR) is 108 cm³/mol. The lowest BCUT2D eigenvalue weighted by atomic mass is 10.2. The van der Waals surface area contributed by atoms with Gasteiger partial charge < -0.3 is 9.30 Å². The van der Waals surface area contributed by atoms with Crippen LogP contribution in [0.5, 0.6) is 0 Å². The first-order chi connectivity index (χ1) is 13.9. The Morgan fingerprint density at radius 1 is 1.28 bits per heavy atom. The van der Waals surface area contributed by atoms with Crippen molar-refractivity contribution in [2.75, 3.05) is 0 Å². The van der Waals surface area contributed by atoms with Crippen molar-refractivity contribution < 1.29 is 14.3 Å². The standard InChI is InChI=1S/C19H22N4O5S/c1-3-4-9-23-17-16(18(26)21-19(23)27)22(2)14(20-17)11-28-15(25)8-7-12(24)13-6-5-10-29-13/h5-6,10H,3-4,7-9,11H2,1-2H3,(H,21,26,27). The van der Waals surface area contributed by atoms with Crippen LogP contribution in [0, 0.1) is 0 Å². The number of rotatable bonds is 9. The molecular formula is C19H22N4O5S. The highest BCUT2D eigenvalue weighted by atomic mass is 32.1. The van der Waals surface area contributed by atoms with Gasteiger partial charge in [-0.2, -0.15) is 0 Å². The molecular weight excluding hydrogens is 396 g/mol. The number of thiophene rings is 1. The average Bonchev–Trinajstić information content (AvgIpc) is 3.33. The number of imidazole rings is 1. The number of esters is 1. The van der Waals surface area contributed by atoms with E-state index in [4.69, 9.17) is 4.74 Å². The Morgan fingerprint density at radius 3 is 2.76 bits per heavy atom. The summed E-state index contributed by atoms with van der Waals surface area (Å²) in [5, 5.41) is 1.80. The second kappa shape index (κ2) is 8.99. The van der Waals surface area contributed by atoms with Crippen LogP contribution in [0.4, 0.5) is 0 Å². The van der Waals surface area contributed by atoms with Gasteiger partial charge in [0.05, 0.1) is 11.3 Å². The number of unbranched alkanes of at least 4 members (excludes halogenated alkanes) is 1. The molecule has 0 aromatic carbocycles. The summed E-state index contributed by atoms with van der Waals surface area (Å²) in [7, 11) is 1.63. The quantitative estimate of drug-likeness (QED) is 0.420. The van der Waals surface area contributed by atoms with Crippen molar-refractivity contribution in [3.8, 4) is 0 Å². The summed E-state index contributed by atoms with van der Waals surface area (Å²) in [6.45, 7) is 2.28. The fourth-order valence-corrected chi connectivity index (χ4v) is 3.63. The highest BCUT2D eigenvalue weighted by Crippen LogP contribution is 2.14. The Kier molecular flexibility index (Phi) is 6.42. The van der Waals surface area contributed by atoms with Gasteiger partial charge in [0.25, 0.3) is 5.56 Å². The number of aromatic nitrogens is 4. The van der Waals surface area contributed by atoms with Gasteiger partial charge in [-0.3, -0.25) is 23.9 Å². The van der Waals surface area contributed by atoms with Crippen LogP contribution in [0.2, 0.25) is 0 Å². The molecule has 29 heavy (non-hydrogen) atoms. The summed E-state index contributed by atoms with van der Waals surface area (Å²) in [5.74, 6) is -0.287. The number of nitrogens with zero attached hydrogens (tertiary/aromatic N) is 3. The van der Waals surface area contributed by atoms with Crippen LogP contribution >= 0.6 is 11.3 Å². The molecule has 0 aliphatic rings. The maximum absolute atomic E-state index is 12.2. The van der Waals surface area contributed by atoms with Crippen LogP contribution in [0.25, 0.3) is 11.2 Å². The second-order valence-corrected chi connectivity index (χ2v) is 7.53. The van der Waals surface area contributed by atoms with Crippen molar-refractivity contribution in [1.29, 1.82) is 0 Å². The summed E-state index contributed by atoms with van der Waals surface area (Å²) in [4.78, 5) is 55.6. The molecule has 3 aromatic heterocycles. The first kappa shape index (κ1) is 20.7. The van der Waals surface area contributed by atoms with E-state index in [0.29, 0.717) is 17.2 Å². The van der Waals surface area contributed by atoms with E-state index in [1.165, 1.54) is 20.5 Å². The zero-order valence-corrected chi connectivity index (χ0v) is 17.1. The number of aromatic amines is 1. The van der Waals surface area contributed by atoms with E-state index in [0.717, 1.165) is 12.8 Å². The molecule has 3 aromatic rings. The molecule has 9 nitrogen and oxygen atoms in total. The number of carbonyl (C=O) groups is 2. The fourth-order valence-electron chi connectivity index (χ4n) is 2.94. The number of Topliss-reactive ketones (excluding diaryl/α,β-unsaturated/α-hetero) is 1. The highest BCUT2D eigenvalue weighted by molar-refractivity contribution is 7.12. The monoisotopic (exact) mass is 418 g/mol. The summed E-state index contributed by atoms with van der Waals surface area (Å²) >= 11 is 1.33. The number of ether oxygens (including phenoxy) is 1. The molecule has 0 aliphatic heterocycles. The van der Waals surface area contributed by atoms with Gasteiger partial charge in [-0.05, 0) is 17.9 Å². The molecule has 0 bridgehead atoms. The number of aryl methyl sites for hydroxylation is 2. The smallest absolute Gasteiger partial charge is 0.330 e. The molecule has 3 heterocycles. The van der Waals surface area contributed by atoms with Crippen LogP contribution in [-0.2, 0) is 29.7 Å². The molecule has 0 fully saturated rings. The van der Waals surface area contributed by atoms with Gasteiger partial charge in [-0.25, -0.2) is 9.78 Å². The molecule has 0 radical (unpaired) electrons. The summed E-state index contributed by atoms with van der Waals surface area (Å²) < 4.78 is 8.16. The fraction of sp³-hybridized carbons (Fsp3) is 0.421. The van der Waals surface area contributed by atoms with Crippen molar-refractivity contribution in [3.05, 3.63) is 49.1 Å². The van der Waals surface area contributed by atoms with Crippen molar-refractivity contribution in [3.63, 3.8) is 0 Å². The normalized spacial score (nSPS) is 11.1. The first-order valence-corrected chi connectivity index (χ1v) is 10.2. The first-order valence-electron chi connectivity index (χ1n) is 9.33. The maximum atomic E-state index is 12.2. The second-order valence-electron chi connectivity index (χ2n) is 6.58. The van der Waals surface area contributed by atoms with E-state index >= 15 is 0 Å².